The van der Waals surface area contributed by atoms with E-state index in [0.29, 0.717) is 13.1 Å². The van der Waals surface area contributed by atoms with Crippen LogP contribution in [0.3, 0.4) is 0 Å². The molecule has 0 unspecified atom stereocenters. The fourth-order valence-electron chi connectivity index (χ4n) is 3.48. The van der Waals surface area contributed by atoms with E-state index in [1.807, 2.05) is 37.2 Å². The van der Waals surface area contributed by atoms with Crippen molar-refractivity contribution in [2.75, 3.05) is 39.4 Å². The van der Waals surface area contributed by atoms with Gasteiger partial charge in [0.1, 0.15) is 5.82 Å². The van der Waals surface area contributed by atoms with Crippen LogP contribution in [0.25, 0.3) is 0 Å². The molecule has 0 spiro atoms. The number of aliphatic imine (C=N–C) groups is 1. The minimum atomic E-state index is 0. The zero-order chi connectivity index (χ0) is 21.5. The van der Waals surface area contributed by atoms with Gasteiger partial charge in [-0.05, 0) is 33.7 Å². The lowest BCUT2D eigenvalue weighted by Gasteiger charge is -2.26. The van der Waals surface area contributed by atoms with Gasteiger partial charge in [-0.25, -0.2) is 4.99 Å². The number of nitrogens with zero attached hydrogens (tertiary/aromatic N) is 7. The molecule has 31 heavy (non-hydrogen) atoms. The second-order valence-corrected chi connectivity index (χ2v) is 7.75. The highest BCUT2D eigenvalue weighted by molar-refractivity contribution is 14.0. The van der Waals surface area contributed by atoms with Crippen molar-refractivity contribution in [2.45, 2.75) is 40.3 Å². The van der Waals surface area contributed by atoms with E-state index in [1.165, 1.54) is 5.56 Å². The minimum Gasteiger partial charge on any atom is -0.379 e. The molecular formula is C20H36IN9O. The van der Waals surface area contributed by atoms with Gasteiger partial charge < -0.3 is 19.9 Å². The van der Waals surface area contributed by atoms with Crippen molar-refractivity contribution < 1.29 is 4.74 Å². The van der Waals surface area contributed by atoms with Crippen molar-refractivity contribution >= 4 is 29.9 Å². The number of ether oxygens (including phenoxy) is 1. The molecule has 0 saturated carbocycles. The molecule has 1 saturated heterocycles. The lowest BCUT2D eigenvalue weighted by atomic mass is 10.2. The molecule has 0 amide bonds. The first kappa shape index (κ1) is 25.5. The number of morpholine rings is 1. The van der Waals surface area contributed by atoms with Gasteiger partial charge in [0.2, 0.25) is 0 Å². The Balaban J connectivity index is 0.00000341. The Labute approximate surface area is 201 Å². The number of aryl methyl sites for hydroxylation is 3. The molecule has 1 aliphatic heterocycles. The number of hydrogen-bond acceptors (Lipinski definition) is 6. The summed E-state index contributed by atoms with van der Waals surface area (Å²) in [6, 6.07) is 0. The maximum absolute atomic E-state index is 5.42. The van der Waals surface area contributed by atoms with E-state index in [-0.39, 0.29) is 24.0 Å². The Kier molecular flexibility index (Phi) is 10.2. The summed E-state index contributed by atoms with van der Waals surface area (Å²) < 4.78 is 9.31. The molecule has 3 heterocycles. The number of guanidine groups is 1. The van der Waals surface area contributed by atoms with E-state index < -0.39 is 0 Å². The lowest BCUT2D eigenvalue weighted by Crippen LogP contribution is -2.40. The molecule has 174 valence electrons. The summed E-state index contributed by atoms with van der Waals surface area (Å²) >= 11 is 0. The standard InChI is InChI=1S/C20H35N9O.HI/c1-15-18(16(2)28(5)26-15)13-22-20(23-14-19-25-24-17(3)27(19)4)21-7-6-8-29-9-11-30-12-10-29;/h6-14H2,1-5H3,(H2,21,22,23);1H. The average molecular weight is 545 g/mol. The Morgan fingerprint density at radius 1 is 1.10 bits per heavy atom. The van der Waals surface area contributed by atoms with Crippen LogP contribution in [-0.2, 0) is 31.9 Å². The van der Waals surface area contributed by atoms with Crippen LogP contribution in [0.4, 0.5) is 0 Å². The molecule has 3 rings (SSSR count). The van der Waals surface area contributed by atoms with Gasteiger partial charge in [0.05, 0.1) is 32.0 Å². The smallest absolute Gasteiger partial charge is 0.191 e. The molecule has 10 nitrogen and oxygen atoms in total. The van der Waals surface area contributed by atoms with Crippen LogP contribution in [0.15, 0.2) is 4.99 Å². The molecule has 1 aliphatic rings. The highest BCUT2D eigenvalue weighted by Gasteiger charge is 2.12. The molecule has 1 fully saturated rings. The van der Waals surface area contributed by atoms with Crippen molar-refractivity contribution in [3.8, 4) is 0 Å². The third kappa shape index (κ3) is 7.14. The average Bonchev–Trinajstić information content (AvgIpc) is 3.19. The summed E-state index contributed by atoms with van der Waals surface area (Å²) in [6.07, 6.45) is 1.05. The molecule has 2 aromatic rings. The van der Waals surface area contributed by atoms with Gasteiger partial charge in [0.25, 0.3) is 0 Å². The van der Waals surface area contributed by atoms with E-state index in [2.05, 4.69) is 37.8 Å². The summed E-state index contributed by atoms with van der Waals surface area (Å²) in [5.74, 6) is 2.55. The maximum atomic E-state index is 5.42. The fourth-order valence-corrected chi connectivity index (χ4v) is 3.48. The normalized spacial score (nSPS) is 15.1. The Bertz CT molecular complexity index is 855. The third-order valence-electron chi connectivity index (χ3n) is 5.70. The van der Waals surface area contributed by atoms with Gasteiger partial charge in [0.15, 0.2) is 11.8 Å². The van der Waals surface area contributed by atoms with Crippen molar-refractivity contribution in [1.29, 1.82) is 0 Å². The second kappa shape index (κ2) is 12.3. The van der Waals surface area contributed by atoms with Crippen molar-refractivity contribution in [3.63, 3.8) is 0 Å². The predicted molar refractivity (Wildman–Crippen MR) is 132 cm³/mol. The van der Waals surface area contributed by atoms with Crippen LogP contribution in [0.5, 0.6) is 0 Å². The van der Waals surface area contributed by atoms with Crippen LogP contribution < -0.4 is 10.6 Å². The first-order chi connectivity index (χ1) is 14.5. The Morgan fingerprint density at radius 3 is 2.45 bits per heavy atom. The van der Waals surface area contributed by atoms with Gasteiger partial charge in [-0.15, -0.1) is 34.2 Å². The number of rotatable bonds is 8. The summed E-state index contributed by atoms with van der Waals surface area (Å²) in [4.78, 5) is 7.26. The van der Waals surface area contributed by atoms with Crippen LogP contribution in [-0.4, -0.2) is 74.8 Å². The number of hydrogen-bond donors (Lipinski definition) is 2. The van der Waals surface area contributed by atoms with Crippen LogP contribution in [0.2, 0.25) is 0 Å². The minimum absolute atomic E-state index is 0. The van der Waals surface area contributed by atoms with Crippen molar-refractivity contribution in [1.82, 2.24) is 40.1 Å². The first-order valence-electron chi connectivity index (χ1n) is 10.6. The topological polar surface area (TPSA) is 97.4 Å². The zero-order valence-electron chi connectivity index (χ0n) is 19.3. The van der Waals surface area contributed by atoms with Crippen molar-refractivity contribution in [2.24, 2.45) is 19.1 Å². The maximum Gasteiger partial charge on any atom is 0.191 e. The molecule has 0 radical (unpaired) electrons. The highest BCUT2D eigenvalue weighted by Crippen LogP contribution is 2.12. The van der Waals surface area contributed by atoms with E-state index in [4.69, 9.17) is 9.73 Å². The molecular weight excluding hydrogens is 509 g/mol. The van der Waals surface area contributed by atoms with E-state index in [9.17, 15) is 0 Å². The van der Waals surface area contributed by atoms with Gasteiger partial charge in [-0.2, -0.15) is 5.10 Å². The molecule has 0 bridgehead atoms. The molecule has 2 aromatic heterocycles. The monoisotopic (exact) mass is 545 g/mol. The van der Waals surface area contributed by atoms with Crippen LogP contribution >= 0.6 is 24.0 Å². The first-order valence-corrected chi connectivity index (χ1v) is 10.6. The summed E-state index contributed by atoms with van der Waals surface area (Å²) in [5.41, 5.74) is 3.34. The Morgan fingerprint density at radius 2 is 1.84 bits per heavy atom. The van der Waals surface area contributed by atoms with Gasteiger partial charge in [0, 0.05) is 45.0 Å². The van der Waals surface area contributed by atoms with E-state index in [0.717, 1.165) is 74.8 Å². The molecule has 11 heteroatoms. The fraction of sp³-hybridized carbons (Fsp3) is 0.700. The van der Waals surface area contributed by atoms with E-state index >= 15 is 0 Å². The third-order valence-corrected chi connectivity index (χ3v) is 5.70. The number of aromatic nitrogens is 5. The number of nitrogens with one attached hydrogen (secondary N) is 2. The Hall–Kier alpha value is -1.73. The summed E-state index contributed by atoms with van der Waals surface area (Å²) in [5, 5.41) is 19.7. The zero-order valence-corrected chi connectivity index (χ0v) is 21.6. The van der Waals surface area contributed by atoms with Gasteiger partial charge >= 0.3 is 0 Å². The SMILES string of the molecule is Cc1nn(C)c(C)c1CN=C(NCCCN1CCOCC1)NCc1nnc(C)n1C.I. The predicted octanol–water partition coefficient (Wildman–Crippen LogP) is 1.05. The quantitative estimate of drug-likeness (QED) is 0.222. The lowest BCUT2D eigenvalue weighted by molar-refractivity contribution is 0.0376. The van der Waals surface area contributed by atoms with Gasteiger partial charge in [-0.1, -0.05) is 0 Å². The highest BCUT2D eigenvalue weighted by atomic mass is 127. The van der Waals surface area contributed by atoms with Crippen LogP contribution in [0, 0.1) is 20.8 Å². The van der Waals surface area contributed by atoms with Gasteiger partial charge in [-0.3, -0.25) is 9.58 Å². The second-order valence-electron chi connectivity index (χ2n) is 7.75. The largest absolute Gasteiger partial charge is 0.379 e. The van der Waals surface area contributed by atoms with Crippen LogP contribution in [0.1, 0.15) is 35.0 Å². The van der Waals surface area contributed by atoms with E-state index in [1.54, 1.807) is 0 Å². The van der Waals surface area contributed by atoms with Crippen molar-refractivity contribution in [3.05, 3.63) is 28.6 Å². The molecule has 0 atom stereocenters. The molecule has 0 aromatic carbocycles. The molecule has 2 N–H and O–H groups in total. The summed E-state index contributed by atoms with van der Waals surface area (Å²) in [6.45, 7) is 12.8. The summed E-state index contributed by atoms with van der Waals surface area (Å²) in [7, 11) is 3.94. The molecule has 0 aliphatic carbocycles. The number of halogens is 1.